The number of carboxylic acid groups (broad SMARTS) is 1. The number of aliphatic carboxylic acids is 1. The van der Waals surface area contributed by atoms with Crippen LogP contribution >= 0.6 is 23.2 Å². The lowest BCUT2D eigenvalue weighted by atomic mass is 9.76. The van der Waals surface area contributed by atoms with Crippen molar-refractivity contribution >= 4 is 35.1 Å². The second kappa shape index (κ2) is 3.25. The van der Waals surface area contributed by atoms with Crippen molar-refractivity contribution in [1.29, 1.82) is 0 Å². The van der Waals surface area contributed by atoms with Crippen LogP contribution in [-0.4, -0.2) is 26.9 Å². The Morgan fingerprint density at radius 1 is 1.33 bits per heavy atom. The molecular formula is C9H11Cl2NO3. The van der Waals surface area contributed by atoms with Gasteiger partial charge in [0.2, 0.25) is 5.91 Å². The molecule has 0 spiro atoms. The maximum Gasteiger partial charge on any atom is 0.329 e. The van der Waals surface area contributed by atoms with Gasteiger partial charge in [-0.3, -0.25) is 4.79 Å². The number of carbonyl (C=O) groups is 2. The maximum absolute atomic E-state index is 11.6. The van der Waals surface area contributed by atoms with E-state index in [-0.39, 0.29) is 5.91 Å². The van der Waals surface area contributed by atoms with Crippen molar-refractivity contribution in [2.24, 2.45) is 5.92 Å². The zero-order valence-electron chi connectivity index (χ0n) is 7.93. The van der Waals surface area contributed by atoms with Gasteiger partial charge in [-0.2, -0.15) is 0 Å². The van der Waals surface area contributed by atoms with Crippen molar-refractivity contribution in [3.05, 3.63) is 0 Å². The van der Waals surface area contributed by atoms with E-state index in [2.05, 4.69) is 5.32 Å². The summed E-state index contributed by atoms with van der Waals surface area (Å²) >= 11 is 11.5. The summed E-state index contributed by atoms with van der Waals surface area (Å²) in [5, 5.41) is 11.5. The van der Waals surface area contributed by atoms with Gasteiger partial charge in [-0.25, -0.2) is 4.79 Å². The Bertz CT molecular complexity index is 325. The van der Waals surface area contributed by atoms with Crippen LogP contribution in [0.1, 0.15) is 25.7 Å². The number of rotatable bonds is 3. The number of alkyl halides is 2. The van der Waals surface area contributed by atoms with Crippen LogP contribution in [-0.2, 0) is 9.59 Å². The summed E-state index contributed by atoms with van der Waals surface area (Å²) < 4.78 is -0.993. The lowest BCUT2D eigenvalue weighted by Gasteiger charge is -2.38. The third-order valence-corrected chi connectivity index (χ3v) is 3.96. The van der Waals surface area contributed by atoms with Gasteiger partial charge >= 0.3 is 5.97 Å². The van der Waals surface area contributed by atoms with Crippen molar-refractivity contribution in [2.45, 2.75) is 35.6 Å². The molecule has 0 radical (unpaired) electrons. The number of hydrogen-bond acceptors (Lipinski definition) is 2. The zero-order chi connectivity index (χ0) is 11.3. The zero-order valence-corrected chi connectivity index (χ0v) is 9.44. The van der Waals surface area contributed by atoms with Gasteiger partial charge in [-0.15, -0.1) is 23.2 Å². The molecule has 2 saturated carbocycles. The van der Waals surface area contributed by atoms with E-state index in [1.807, 2.05) is 0 Å². The Morgan fingerprint density at radius 3 is 2.13 bits per heavy atom. The van der Waals surface area contributed by atoms with E-state index in [1.165, 1.54) is 0 Å². The highest BCUT2D eigenvalue weighted by Crippen LogP contribution is 2.53. The van der Waals surface area contributed by atoms with Crippen LogP contribution in [0.25, 0.3) is 0 Å². The molecular weight excluding hydrogens is 241 g/mol. The molecule has 15 heavy (non-hydrogen) atoms. The lowest BCUT2D eigenvalue weighted by Crippen LogP contribution is -2.59. The second-order valence-electron chi connectivity index (χ2n) is 4.25. The molecule has 2 fully saturated rings. The van der Waals surface area contributed by atoms with E-state index in [0.29, 0.717) is 19.3 Å². The predicted octanol–water partition coefficient (Wildman–Crippen LogP) is 1.30. The molecule has 0 aromatic heterocycles. The molecule has 6 heteroatoms. The molecule has 2 N–H and O–H groups in total. The van der Waals surface area contributed by atoms with E-state index in [4.69, 9.17) is 28.3 Å². The first-order chi connectivity index (χ1) is 6.87. The van der Waals surface area contributed by atoms with Gasteiger partial charge in [-0.1, -0.05) is 0 Å². The third-order valence-electron chi connectivity index (χ3n) is 3.12. The maximum atomic E-state index is 11.6. The average molecular weight is 252 g/mol. The fourth-order valence-electron chi connectivity index (χ4n) is 1.74. The summed E-state index contributed by atoms with van der Waals surface area (Å²) in [4.78, 5) is 22.6. The van der Waals surface area contributed by atoms with Gasteiger partial charge in [0, 0.05) is 0 Å². The molecule has 0 saturated heterocycles. The first-order valence-corrected chi connectivity index (χ1v) is 5.56. The van der Waals surface area contributed by atoms with E-state index in [0.717, 1.165) is 6.42 Å². The predicted molar refractivity (Wildman–Crippen MR) is 54.9 cm³/mol. The van der Waals surface area contributed by atoms with E-state index < -0.39 is 21.8 Å². The first-order valence-electron chi connectivity index (χ1n) is 4.81. The van der Waals surface area contributed by atoms with Crippen LogP contribution in [0.2, 0.25) is 0 Å². The molecule has 0 aromatic rings. The summed E-state index contributed by atoms with van der Waals surface area (Å²) in [7, 11) is 0. The van der Waals surface area contributed by atoms with Crippen molar-refractivity contribution in [3.63, 3.8) is 0 Å². The van der Waals surface area contributed by atoms with Crippen molar-refractivity contribution in [1.82, 2.24) is 5.32 Å². The standard InChI is InChI=1S/C9H11Cl2NO3/c10-9(11)4-5(9)6(13)12-8(7(14)15)2-1-3-8/h5H,1-4H2,(H,12,13)(H,14,15). The number of carbonyl (C=O) groups excluding carboxylic acids is 1. The normalized spacial score (nSPS) is 30.1. The summed E-state index contributed by atoms with van der Waals surface area (Å²) in [6.45, 7) is 0. The van der Waals surface area contributed by atoms with E-state index in [9.17, 15) is 9.59 Å². The molecule has 1 unspecified atom stereocenters. The first kappa shape index (κ1) is 11.0. The van der Waals surface area contributed by atoms with Crippen LogP contribution in [0.5, 0.6) is 0 Å². The molecule has 84 valence electrons. The lowest BCUT2D eigenvalue weighted by molar-refractivity contribution is -0.152. The van der Waals surface area contributed by atoms with Crippen molar-refractivity contribution in [3.8, 4) is 0 Å². The Morgan fingerprint density at radius 2 is 1.87 bits per heavy atom. The molecule has 2 aliphatic carbocycles. The topological polar surface area (TPSA) is 66.4 Å². The number of nitrogens with one attached hydrogen (secondary N) is 1. The fraction of sp³-hybridized carbons (Fsp3) is 0.778. The minimum atomic E-state index is -1.07. The van der Waals surface area contributed by atoms with Crippen LogP contribution in [0.15, 0.2) is 0 Å². The summed E-state index contributed by atoms with van der Waals surface area (Å²) in [6, 6.07) is 0. The van der Waals surface area contributed by atoms with E-state index >= 15 is 0 Å². The number of carboxylic acids is 1. The number of hydrogen-bond donors (Lipinski definition) is 2. The molecule has 4 nitrogen and oxygen atoms in total. The van der Waals surface area contributed by atoms with Gasteiger partial charge in [0.15, 0.2) is 0 Å². The van der Waals surface area contributed by atoms with Crippen LogP contribution in [0.3, 0.4) is 0 Å². The highest BCUT2D eigenvalue weighted by molar-refractivity contribution is 6.52. The van der Waals surface area contributed by atoms with Crippen molar-refractivity contribution < 1.29 is 14.7 Å². The number of halogens is 2. The fourth-order valence-corrected chi connectivity index (χ4v) is 2.25. The molecule has 0 aliphatic heterocycles. The summed E-state index contributed by atoms with van der Waals surface area (Å²) in [5.41, 5.74) is -1.07. The quantitative estimate of drug-likeness (QED) is 0.744. The van der Waals surface area contributed by atoms with Crippen molar-refractivity contribution in [2.75, 3.05) is 0 Å². The molecule has 1 atom stereocenters. The van der Waals surface area contributed by atoms with Gasteiger partial charge in [-0.05, 0) is 25.7 Å². The van der Waals surface area contributed by atoms with E-state index in [1.54, 1.807) is 0 Å². The monoisotopic (exact) mass is 251 g/mol. The van der Waals surface area contributed by atoms with Gasteiger partial charge < -0.3 is 10.4 Å². The minimum absolute atomic E-state index is 0.345. The van der Waals surface area contributed by atoms with Gasteiger partial charge in [0.1, 0.15) is 9.87 Å². The Kier molecular flexibility index (Phi) is 2.39. The Labute approximate surface area is 96.9 Å². The molecule has 2 aliphatic rings. The van der Waals surface area contributed by atoms with Gasteiger partial charge in [0.05, 0.1) is 5.92 Å². The Balaban J connectivity index is 1.97. The Hall–Kier alpha value is -0.480. The minimum Gasteiger partial charge on any atom is -0.480 e. The largest absolute Gasteiger partial charge is 0.480 e. The second-order valence-corrected chi connectivity index (χ2v) is 5.79. The molecule has 2 rings (SSSR count). The molecule has 0 bridgehead atoms. The van der Waals surface area contributed by atoms with Crippen LogP contribution in [0.4, 0.5) is 0 Å². The average Bonchev–Trinajstić information content (AvgIpc) is 2.66. The molecule has 1 amide bonds. The molecule has 0 aromatic carbocycles. The van der Waals surface area contributed by atoms with Crippen LogP contribution in [0, 0.1) is 5.92 Å². The number of amides is 1. The highest BCUT2D eigenvalue weighted by atomic mass is 35.5. The summed E-state index contributed by atoms with van der Waals surface area (Å²) in [6.07, 6.45) is 2.19. The molecule has 0 heterocycles. The van der Waals surface area contributed by atoms with Crippen LogP contribution < -0.4 is 5.32 Å². The highest BCUT2D eigenvalue weighted by Gasteiger charge is 2.58. The summed E-state index contributed by atoms with van der Waals surface area (Å²) in [5.74, 6) is -1.78. The smallest absolute Gasteiger partial charge is 0.329 e. The SMILES string of the molecule is O=C(NC1(C(=O)O)CCC1)C1CC1(Cl)Cl. The third kappa shape index (κ3) is 1.81. The van der Waals surface area contributed by atoms with Gasteiger partial charge in [0.25, 0.3) is 0 Å².